The predicted molar refractivity (Wildman–Crippen MR) is 100 cm³/mol. The molecule has 0 radical (unpaired) electrons. The SMILES string of the molecule is CN1C(=O)c2c3c(c4[nH]c5c(c4c2C1=O)CNC=C5)NC1C=CC(=O)C=C31. The molecule has 3 N–H and O–H groups in total. The lowest BCUT2D eigenvalue weighted by Gasteiger charge is -2.12. The zero-order valence-corrected chi connectivity index (χ0v) is 14.3. The fourth-order valence-electron chi connectivity index (χ4n) is 4.53. The van der Waals surface area contributed by atoms with Crippen molar-refractivity contribution in [3.05, 3.63) is 52.4 Å². The number of aromatic amines is 1. The van der Waals surface area contributed by atoms with Crippen LogP contribution >= 0.6 is 0 Å². The topological polar surface area (TPSA) is 94.3 Å². The minimum absolute atomic E-state index is 0.118. The Balaban J connectivity index is 1.81. The molecule has 1 aliphatic carbocycles. The summed E-state index contributed by atoms with van der Waals surface area (Å²) in [5.74, 6) is -0.749. The highest BCUT2D eigenvalue weighted by Crippen LogP contribution is 2.49. The van der Waals surface area contributed by atoms with Gasteiger partial charge in [0.05, 0.1) is 28.4 Å². The van der Waals surface area contributed by atoms with E-state index in [4.69, 9.17) is 0 Å². The Labute approximate surface area is 153 Å². The van der Waals surface area contributed by atoms with E-state index in [1.54, 1.807) is 12.2 Å². The number of benzene rings is 1. The first kappa shape index (κ1) is 14.5. The van der Waals surface area contributed by atoms with Crippen LogP contribution in [0.3, 0.4) is 0 Å². The van der Waals surface area contributed by atoms with Crippen molar-refractivity contribution >= 4 is 45.8 Å². The predicted octanol–water partition coefficient (Wildman–Crippen LogP) is 1.78. The maximum atomic E-state index is 13.0. The van der Waals surface area contributed by atoms with Gasteiger partial charge in [0.2, 0.25) is 0 Å². The van der Waals surface area contributed by atoms with Gasteiger partial charge in [-0.15, -0.1) is 0 Å². The molecule has 0 fully saturated rings. The van der Waals surface area contributed by atoms with Crippen LogP contribution in [0.1, 0.15) is 37.5 Å². The summed E-state index contributed by atoms with van der Waals surface area (Å²) >= 11 is 0. The van der Waals surface area contributed by atoms with Crippen LogP contribution < -0.4 is 10.6 Å². The average Bonchev–Trinajstić information content (AvgIpc) is 3.29. The minimum Gasteiger partial charge on any atom is -0.387 e. The Kier molecular flexibility index (Phi) is 2.46. The molecule has 1 aromatic carbocycles. The first-order chi connectivity index (χ1) is 13.1. The number of ketones is 1. The number of aromatic nitrogens is 1. The van der Waals surface area contributed by atoms with Gasteiger partial charge in [0, 0.05) is 35.8 Å². The Morgan fingerprint density at radius 2 is 1.89 bits per heavy atom. The third kappa shape index (κ3) is 1.60. The maximum absolute atomic E-state index is 13.0. The molecule has 1 atom stereocenters. The van der Waals surface area contributed by atoms with Crippen molar-refractivity contribution < 1.29 is 14.4 Å². The van der Waals surface area contributed by atoms with E-state index in [0.29, 0.717) is 23.2 Å². The molecule has 7 heteroatoms. The molecule has 4 aliphatic rings. The Morgan fingerprint density at radius 1 is 1.07 bits per heavy atom. The van der Waals surface area contributed by atoms with E-state index in [9.17, 15) is 14.4 Å². The van der Waals surface area contributed by atoms with Gasteiger partial charge in [0.15, 0.2) is 5.78 Å². The number of nitrogens with one attached hydrogen (secondary N) is 3. The Morgan fingerprint density at radius 3 is 2.74 bits per heavy atom. The number of hydrogen-bond acceptors (Lipinski definition) is 5. The number of anilines is 1. The van der Waals surface area contributed by atoms with Crippen LogP contribution in [-0.4, -0.2) is 40.6 Å². The maximum Gasteiger partial charge on any atom is 0.262 e. The normalized spacial score (nSPS) is 21.7. The van der Waals surface area contributed by atoms with E-state index in [1.165, 1.54) is 13.1 Å². The number of hydrogen-bond donors (Lipinski definition) is 3. The van der Waals surface area contributed by atoms with Crippen molar-refractivity contribution in [3.8, 4) is 0 Å². The lowest BCUT2D eigenvalue weighted by Crippen LogP contribution is -2.24. The lowest BCUT2D eigenvalue weighted by atomic mass is 9.89. The standard InChI is InChI=1S/C20H14N4O3/c1-24-19(26)15-13-9-6-8(25)2-3-11(9)22-17(13)18-14(16(15)20(24)27)10-7-21-5-4-12(10)23-18/h2-6,11,21-23H,7H2,1H3. The highest BCUT2D eigenvalue weighted by atomic mass is 16.2. The highest BCUT2D eigenvalue weighted by molar-refractivity contribution is 6.32. The molecule has 6 rings (SSSR count). The Bertz CT molecular complexity index is 1230. The van der Waals surface area contributed by atoms with Crippen molar-refractivity contribution in [2.75, 3.05) is 12.4 Å². The summed E-state index contributed by atoms with van der Waals surface area (Å²) in [5.41, 5.74) is 5.70. The van der Waals surface area contributed by atoms with Crippen molar-refractivity contribution in [2.24, 2.45) is 0 Å². The van der Waals surface area contributed by atoms with Gasteiger partial charge in [0.25, 0.3) is 11.8 Å². The quantitative estimate of drug-likeness (QED) is 0.624. The van der Waals surface area contributed by atoms with E-state index < -0.39 is 0 Å². The molecule has 0 spiro atoms. The van der Waals surface area contributed by atoms with Gasteiger partial charge in [-0.1, -0.05) is 6.08 Å². The second kappa shape index (κ2) is 4.56. The number of carbonyl (C=O) groups is 3. The molecule has 7 nitrogen and oxygen atoms in total. The molecule has 0 saturated carbocycles. The molecule has 1 unspecified atom stereocenters. The molecule has 4 heterocycles. The fraction of sp³-hybridized carbons (Fsp3) is 0.150. The second-order valence-corrected chi connectivity index (χ2v) is 7.13. The van der Waals surface area contributed by atoms with E-state index >= 15 is 0 Å². The third-order valence-corrected chi connectivity index (χ3v) is 5.74. The van der Waals surface area contributed by atoms with Crippen LogP contribution in [0, 0.1) is 0 Å². The second-order valence-electron chi connectivity index (χ2n) is 7.13. The summed E-state index contributed by atoms with van der Waals surface area (Å²) in [6.45, 7) is 0.576. The fourth-order valence-corrected chi connectivity index (χ4v) is 4.53. The average molecular weight is 358 g/mol. The van der Waals surface area contributed by atoms with E-state index in [0.717, 1.165) is 38.3 Å². The van der Waals surface area contributed by atoms with Crippen molar-refractivity contribution in [1.82, 2.24) is 15.2 Å². The number of fused-ring (bicyclic) bond motifs is 10. The van der Waals surface area contributed by atoms with Gasteiger partial charge < -0.3 is 15.6 Å². The first-order valence-electron chi connectivity index (χ1n) is 8.73. The van der Waals surface area contributed by atoms with Gasteiger partial charge in [0.1, 0.15) is 0 Å². The van der Waals surface area contributed by atoms with Gasteiger partial charge >= 0.3 is 0 Å². The molecule has 0 saturated heterocycles. The van der Waals surface area contributed by atoms with Gasteiger partial charge in [-0.05, 0) is 30.0 Å². The van der Waals surface area contributed by atoms with E-state index in [2.05, 4.69) is 15.6 Å². The van der Waals surface area contributed by atoms with Crippen LogP contribution in [-0.2, 0) is 11.3 Å². The number of amides is 2. The number of H-pyrrole nitrogens is 1. The number of allylic oxidation sites excluding steroid dienone is 2. The summed E-state index contributed by atoms with van der Waals surface area (Å²) in [7, 11) is 1.50. The molecular formula is C20H14N4O3. The van der Waals surface area contributed by atoms with E-state index in [-0.39, 0.29) is 23.6 Å². The summed E-state index contributed by atoms with van der Waals surface area (Å²) in [5, 5.41) is 7.38. The number of rotatable bonds is 0. The summed E-state index contributed by atoms with van der Waals surface area (Å²) < 4.78 is 0. The zero-order chi connectivity index (χ0) is 18.4. The summed E-state index contributed by atoms with van der Waals surface area (Å²) in [4.78, 5) is 42.5. The van der Waals surface area contributed by atoms with Gasteiger partial charge in [-0.2, -0.15) is 0 Å². The highest BCUT2D eigenvalue weighted by Gasteiger charge is 2.44. The number of carbonyl (C=O) groups excluding carboxylic acids is 3. The third-order valence-electron chi connectivity index (χ3n) is 5.74. The molecule has 2 amide bonds. The van der Waals surface area contributed by atoms with Crippen LogP contribution in [0.15, 0.2) is 24.4 Å². The molecule has 2 aromatic rings. The summed E-state index contributed by atoms with van der Waals surface area (Å²) in [6.07, 6.45) is 8.65. The van der Waals surface area contributed by atoms with Crippen molar-refractivity contribution in [1.29, 1.82) is 0 Å². The first-order valence-corrected chi connectivity index (χ1v) is 8.73. The lowest BCUT2D eigenvalue weighted by molar-refractivity contribution is -0.110. The number of nitrogens with zero attached hydrogens (tertiary/aromatic N) is 1. The largest absolute Gasteiger partial charge is 0.387 e. The monoisotopic (exact) mass is 358 g/mol. The molecule has 132 valence electrons. The zero-order valence-electron chi connectivity index (χ0n) is 14.3. The molecule has 3 aliphatic heterocycles. The van der Waals surface area contributed by atoms with E-state index in [1.807, 2.05) is 12.3 Å². The van der Waals surface area contributed by atoms with Crippen molar-refractivity contribution in [2.45, 2.75) is 12.6 Å². The van der Waals surface area contributed by atoms with Crippen molar-refractivity contribution in [3.63, 3.8) is 0 Å². The molecular weight excluding hydrogens is 344 g/mol. The Hall–Kier alpha value is -3.61. The summed E-state index contributed by atoms with van der Waals surface area (Å²) in [6, 6.07) is -0.185. The van der Waals surface area contributed by atoms with Crippen LogP contribution in [0.5, 0.6) is 0 Å². The minimum atomic E-state index is -0.326. The van der Waals surface area contributed by atoms with Crippen LogP contribution in [0.25, 0.3) is 22.6 Å². The molecule has 27 heavy (non-hydrogen) atoms. The van der Waals surface area contributed by atoms with Crippen LogP contribution in [0.2, 0.25) is 0 Å². The van der Waals surface area contributed by atoms with Gasteiger partial charge in [-0.25, -0.2) is 0 Å². The number of imide groups is 1. The molecule has 1 aromatic heterocycles. The van der Waals surface area contributed by atoms with Gasteiger partial charge in [-0.3, -0.25) is 19.3 Å². The smallest absolute Gasteiger partial charge is 0.262 e. The molecule has 0 bridgehead atoms. The van der Waals surface area contributed by atoms with Crippen LogP contribution in [0.4, 0.5) is 5.69 Å².